The van der Waals surface area contributed by atoms with Gasteiger partial charge in [-0.1, -0.05) is 29.3 Å². The highest BCUT2D eigenvalue weighted by atomic mass is 35.5. The number of carbonyl (C=O) groups is 1. The monoisotopic (exact) mass is 322 g/mol. The van der Waals surface area contributed by atoms with Crippen LogP contribution in [0.2, 0.25) is 10.0 Å². The van der Waals surface area contributed by atoms with Gasteiger partial charge in [-0.05, 0) is 18.9 Å². The molecule has 1 N–H and O–H groups in total. The van der Waals surface area contributed by atoms with Gasteiger partial charge in [-0.3, -0.25) is 0 Å². The van der Waals surface area contributed by atoms with Crippen molar-refractivity contribution in [1.29, 1.82) is 0 Å². The van der Waals surface area contributed by atoms with Crippen LogP contribution in [0.4, 0.5) is 5.69 Å². The summed E-state index contributed by atoms with van der Waals surface area (Å²) in [6, 6.07) is 3.33. The topological polar surface area (TPSA) is 53.4 Å². The maximum Gasteiger partial charge on any atom is 0.338 e. The summed E-state index contributed by atoms with van der Waals surface area (Å²) in [4.78, 5) is 18.6. The van der Waals surface area contributed by atoms with Gasteiger partial charge in [0.05, 0.1) is 32.5 Å². The largest absolute Gasteiger partial charge is 0.478 e. The number of aromatic carboxylic acids is 1. The molecular formula is C15H12Cl2N2O2. The molecule has 1 aromatic carbocycles. The third kappa shape index (κ3) is 1.75. The lowest BCUT2D eigenvalue weighted by Gasteiger charge is -2.42. The Labute approximate surface area is 131 Å². The minimum absolute atomic E-state index is 0.304. The summed E-state index contributed by atoms with van der Waals surface area (Å²) < 4.78 is 0. The number of hydrogen-bond donors (Lipinski definition) is 1. The minimum atomic E-state index is -0.940. The maximum atomic E-state index is 11.8. The van der Waals surface area contributed by atoms with Crippen molar-refractivity contribution in [2.24, 2.45) is 0 Å². The highest BCUT2D eigenvalue weighted by Crippen LogP contribution is 2.46. The Morgan fingerprint density at radius 2 is 2.00 bits per heavy atom. The standard InChI is InChI=1S/C15H12Cl2N2O2/c16-9-2-1-8-10(15(20)21)14-12(18-13(8)11(9)17)7-3-5-19(14)6-4-7/h1-2,7H,3-6H2,(H,20,21). The van der Waals surface area contributed by atoms with Gasteiger partial charge in [0.1, 0.15) is 0 Å². The van der Waals surface area contributed by atoms with E-state index < -0.39 is 5.97 Å². The molecule has 3 aliphatic heterocycles. The molecule has 1 saturated heterocycles. The average molecular weight is 323 g/mol. The van der Waals surface area contributed by atoms with E-state index in [0.29, 0.717) is 32.4 Å². The second-order valence-electron chi connectivity index (χ2n) is 5.54. The number of benzene rings is 1. The summed E-state index contributed by atoms with van der Waals surface area (Å²) in [5, 5.41) is 11.0. The van der Waals surface area contributed by atoms with Crippen LogP contribution in [0.1, 0.15) is 34.8 Å². The van der Waals surface area contributed by atoms with Gasteiger partial charge in [0.15, 0.2) is 0 Å². The zero-order valence-corrected chi connectivity index (χ0v) is 12.6. The molecule has 4 heterocycles. The lowest BCUT2D eigenvalue weighted by atomic mass is 9.84. The molecule has 108 valence electrons. The minimum Gasteiger partial charge on any atom is -0.478 e. The molecule has 1 fully saturated rings. The van der Waals surface area contributed by atoms with Crippen molar-refractivity contribution in [3.05, 3.63) is 33.4 Å². The highest BCUT2D eigenvalue weighted by molar-refractivity contribution is 6.45. The number of piperidine rings is 1. The average Bonchev–Trinajstić information content (AvgIpc) is 2.50. The Kier molecular flexibility index (Phi) is 2.81. The summed E-state index contributed by atoms with van der Waals surface area (Å²) >= 11 is 12.3. The predicted octanol–water partition coefficient (Wildman–Crippen LogP) is 3.94. The van der Waals surface area contributed by atoms with Crippen LogP contribution < -0.4 is 4.90 Å². The van der Waals surface area contributed by atoms with Crippen LogP contribution in [0.3, 0.4) is 0 Å². The number of fused-ring (bicyclic) bond motifs is 3. The van der Waals surface area contributed by atoms with E-state index in [9.17, 15) is 9.90 Å². The Balaban J connectivity index is 2.16. The summed E-state index contributed by atoms with van der Waals surface area (Å²) in [6.07, 6.45) is 2.03. The van der Waals surface area contributed by atoms with Crippen molar-refractivity contribution < 1.29 is 9.90 Å². The van der Waals surface area contributed by atoms with Gasteiger partial charge in [0.2, 0.25) is 0 Å². The number of pyridine rings is 1. The van der Waals surface area contributed by atoms with E-state index in [2.05, 4.69) is 9.88 Å². The van der Waals surface area contributed by atoms with E-state index in [1.165, 1.54) is 0 Å². The Hall–Kier alpha value is -1.52. The first-order valence-corrected chi connectivity index (χ1v) is 7.63. The molecule has 0 unspecified atom stereocenters. The number of carboxylic acids is 1. The molecule has 0 amide bonds. The van der Waals surface area contributed by atoms with Crippen LogP contribution in [0, 0.1) is 0 Å². The van der Waals surface area contributed by atoms with Crippen LogP contribution >= 0.6 is 23.2 Å². The van der Waals surface area contributed by atoms with Gasteiger partial charge in [-0.25, -0.2) is 9.78 Å². The normalized spacial score (nSPS) is 17.3. The summed E-state index contributed by atoms with van der Waals surface area (Å²) in [5.74, 6) is -0.618. The third-order valence-electron chi connectivity index (χ3n) is 4.46. The maximum absolute atomic E-state index is 11.8. The lowest BCUT2D eigenvalue weighted by Crippen LogP contribution is -2.40. The SMILES string of the molecule is O=C(O)c1c2c(nc3c(Cl)c(Cl)ccc13)C1CCN2CC1. The second kappa shape index (κ2) is 4.49. The van der Waals surface area contributed by atoms with Crippen molar-refractivity contribution in [1.82, 2.24) is 4.98 Å². The van der Waals surface area contributed by atoms with Crippen molar-refractivity contribution >= 4 is 45.8 Å². The van der Waals surface area contributed by atoms with E-state index in [-0.39, 0.29) is 0 Å². The summed E-state index contributed by atoms with van der Waals surface area (Å²) in [6.45, 7) is 1.79. The summed E-state index contributed by atoms with van der Waals surface area (Å²) in [5.41, 5.74) is 2.43. The second-order valence-corrected chi connectivity index (χ2v) is 6.33. The quantitative estimate of drug-likeness (QED) is 0.864. The predicted molar refractivity (Wildman–Crippen MR) is 82.9 cm³/mol. The number of nitrogens with zero attached hydrogens (tertiary/aromatic N) is 2. The number of hydrogen-bond acceptors (Lipinski definition) is 3. The number of anilines is 1. The van der Waals surface area contributed by atoms with Crippen LogP contribution in [-0.4, -0.2) is 29.1 Å². The number of rotatable bonds is 1. The Morgan fingerprint density at radius 1 is 1.29 bits per heavy atom. The van der Waals surface area contributed by atoms with Gasteiger partial charge in [0, 0.05) is 24.4 Å². The van der Waals surface area contributed by atoms with E-state index in [0.717, 1.165) is 37.3 Å². The van der Waals surface area contributed by atoms with Crippen molar-refractivity contribution in [2.75, 3.05) is 18.0 Å². The lowest BCUT2D eigenvalue weighted by molar-refractivity contribution is 0.0699. The molecule has 0 saturated carbocycles. The molecule has 0 spiro atoms. The van der Waals surface area contributed by atoms with Crippen molar-refractivity contribution in [3.63, 3.8) is 0 Å². The van der Waals surface area contributed by atoms with Crippen LogP contribution in [-0.2, 0) is 0 Å². The summed E-state index contributed by atoms with van der Waals surface area (Å²) in [7, 11) is 0. The fraction of sp³-hybridized carbons (Fsp3) is 0.333. The van der Waals surface area contributed by atoms with Gasteiger partial charge < -0.3 is 10.0 Å². The Bertz CT molecular complexity index is 783. The first-order chi connectivity index (χ1) is 10.1. The highest BCUT2D eigenvalue weighted by Gasteiger charge is 2.36. The first kappa shape index (κ1) is 13.2. The number of aromatic nitrogens is 1. The zero-order chi connectivity index (χ0) is 14.7. The number of carboxylic acid groups (broad SMARTS) is 1. The van der Waals surface area contributed by atoms with Crippen LogP contribution in [0.5, 0.6) is 0 Å². The molecule has 4 nitrogen and oxygen atoms in total. The van der Waals surface area contributed by atoms with Crippen LogP contribution in [0.15, 0.2) is 12.1 Å². The van der Waals surface area contributed by atoms with Crippen molar-refractivity contribution in [3.8, 4) is 0 Å². The van der Waals surface area contributed by atoms with Gasteiger partial charge in [-0.2, -0.15) is 0 Å². The van der Waals surface area contributed by atoms with Gasteiger partial charge in [-0.15, -0.1) is 0 Å². The van der Waals surface area contributed by atoms with Crippen LogP contribution in [0.25, 0.3) is 10.9 Å². The molecule has 3 aliphatic rings. The Morgan fingerprint density at radius 3 is 2.67 bits per heavy atom. The molecule has 0 aliphatic carbocycles. The van der Waals surface area contributed by atoms with Gasteiger partial charge >= 0.3 is 5.97 Å². The molecule has 2 bridgehead atoms. The first-order valence-electron chi connectivity index (χ1n) is 6.87. The molecule has 1 aromatic heterocycles. The molecular weight excluding hydrogens is 311 g/mol. The van der Waals surface area contributed by atoms with E-state index in [1.807, 2.05) is 0 Å². The molecule has 6 heteroatoms. The molecule has 0 radical (unpaired) electrons. The molecule has 5 rings (SSSR count). The molecule has 0 atom stereocenters. The van der Waals surface area contributed by atoms with Gasteiger partial charge in [0.25, 0.3) is 0 Å². The molecule has 21 heavy (non-hydrogen) atoms. The molecule has 2 aromatic rings. The smallest absolute Gasteiger partial charge is 0.338 e. The zero-order valence-electron chi connectivity index (χ0n) is 11.1. The fourth-order valence-electron chi connectivity index (χ4n) is 3.48. The fourth-order valence-corrected chi connectivity index (χ4v) is 3.84. The van der Waals surface area contributed by atoms with E-state index in [4.69, 9.17) is 23.2 Å². The van der Waals surface area contributed by atoms with E-state index >= 15 is 0 Å². The van der Waals surface area contributed by atoms with Crippen molar-refractivity contribution in [2.45, 2.75) is 18.8 Å². The third-order valence-corrected chi connectivity index (χ3v) is 5.26. The van der Waals surface area contributed by atoms with E-state index in [1.54, 1.807) is 12.1 Å². The number of halogens is 2.